The third-order valence-corrected chi connectivity index (χ3v) is 6.45. The van der Waals surface area contributed by atoms with Crippen molar-refractivity contribution < 1.29 is 4.39 Å². The van der Waals surface area contributed by atoms with Gasteiger partial charge in [0.25, 0.3) is 0 Å². The lowest BCUT2D eigenvalue weighted by Gasteiger charge is -2.34. The summed E-state index contributed by atoms with van der Waals surface area (Å²) in [6.07, 6.45) is 3.54. The molecule has 2 aromatic heterocycles. The first-order valence-corrected chi connectivity index (χ1v) is 11.3. The van der Waals surface area contributed by atoms with Gasteiger partial charge in [-0.15, -0.1) is 0 Å². The summed E-state index contributed by atoms with van der Waals surface area (Å²) in [5, 5.41) is 20.6. The van der Waals surface area contributed by atoms with E-state index in [0.717, 1.165) is 54.3 Å². The van der Waals surface area contributed by atoms with Crippen LogP contribution in [0.3, 0.4) is 0 Å². The van der Waals surface area contributed by atoms with Crippen LogP contribution in [-0.2, 0) is 13.0 Å². The molecule has 0 bridgehead atoms. The van der Waals surface area contributed by atoms with Crippen LogP contribution in [0, 0.1) is 18.3 Å². The zero-order valence-electron chi connectivity index (χ0n) is 18.9. The van der Waals surface area contributed by atoms with Crippen molar-refractivity contribution in [1.29, 1.82) is 5.26 Å². The molecule has 4 heterocycles. The van der Waals surface area contributed by atoms with Gasteiger partial charge in [0.2, 0.25) is 5.95 Å². The van der Waals surface area contributed by atoms with Gasteiger partial charge in [0, 0.05) is 37.5 Å². The smallest absolute Gasteiger partial charge is 0.228 e. The molecule has 33 heavy (non-hydrogen) atoms. The molecular formula is C24H27FN8. The summed E-state index contributed by atoms with van der Waals surface area (Å²) in [6.45, 7) is 4.40. The molecule has 0 radical (unpaired) electrons. The van der Waals surface area contributed by atoms with Gasteiger partial charge < -0.3 is 15.5 Å². The van der Waals surface area contributed by atoms with Crippen LogP contribution in [0.25, 0.3) is 11.3 Å². The number of nitrogens with one attached hydrogen (secondary N) is 2. The molecule has 0 atom stereocenters. The Morgan fingerprint density at radius 2 is 2.09 bits per heavy atom. The molecule has 0 amide bonds. The summed E-state index contributed by atoms with van der Waals surface area (Å²) in [6, 6.07) is 9.91. The van der Waals surface area contributed by atoms with Crippen molar-refractivity contribution in [2.24, 2.45) is 0 Å². The van der Waals surface area contributed by atoms with E-state index in [2.05, 4.69) is 42.7 Å². The predicted octanol–water partition coefficient (Wildman–Crippen LogP) is 3.67. The van der Waals surface area contributed by atoms with Crippen LogP contribution >= 0.6 is 0 Å². The maximum Gasteiger partial charge on any atom is 0.228 e. The maximum atomic E-state index is 15.4. The van der Waals surface area contributed by atoms with Gasteiger partial charge in [-0.05, 0) is 57.0 Å². The minimum absolute atomic E-state index is 0.194. The van der Waals surface area contributed by atoms with Gasteiger partial charge in [0.15, 0.2) is 0 Å². The van der Waals surface area contributed by atoms with E-state index in [4.69, 9.17) is 0 Å². The van der Waals surface area contributed by atoms with Gasteiger partial charge in [0.05, 0.1) is 29.2 Å². The van der Waals surface area contributed by atoms with Crippen LogP contribution in [0.1, 0.15) is 29.7 Å². The summed E-state index contributed by atoms with van der Waals surface area (Å²) in [7, 11) is 2.02. The molecule has 1 saturated heterocycles. The quantitative estimate of drug-likeness (QED) is 0.618. The molecule has 0 saturated carbocycles. The van der Waals surface area contributed by atoms with Crippen molar-refractivity contribution in [2.45, 2.75) is 38.4 Å². The number of nitriles is 1. The average molecular weight is 447 g/mol. The van der Waals surface area contributed by atoms with Gasteiger partial charge in [-0.25, -0.2) is 19.0 Å². The van der Waals surface area contributed by atoms with Crippen molar-refractivity contribution >= 4 is 17.5 Å². The lowest BCUT2D eigenvalue weighted by molar-refractivity contribution is 0.0504. The zero-order valence-corrected chi connectivity index (χ0v) is 18.9. The molecule has 2 N–H and O–H groups in total. The second-order valence-electron chi connectivity index (χ2n) is 9.02. The fourth-order valence-corrected chi connectivity index (χ4v) is 4.57. The number of hydrogen-bond acceptors (Lipinski definition) is 7. The molecule has 0 spiro atoms. The van der Waals surface area contributed by atoms with Crippen molar-refractivity contribution in [3.8, 4) is 17.3 Å². The van der Waals surface area contributed by atoms with E-state index in [9.17, 15) is 5.26 Å². The number of aromatic nitrogens is 4. The van der Waals surface area contributed by atoms with E-state index in [0.29, 0.717) is 30.2 Å². The first kappa shape index (κ1) is 21.3. The molecule has 0 unspecified atom stereocenters. The molecule has 3 aromatic rings. The SMILES string of the molecule is Cc1cc(Nc2nccc(-c3cc(C#N)c4c(c3)CCN4)n2)n(CC2(F)CCN(C)CC2)n1. The normalized spacial score (nSPS) is 17.3. The third-order valence-electron chi connectivity index (χ3n) is 6.45. The lowest BCUT2D eigenvalue weighted by Crippen LogP contribution is -2.42. The van der Waals surface area contributed by atoms with Crippen LogP contribution in [0.15, 0.2) is 30.5 Å². The Bertz CT molecular complexity index is 1220. The highest BCUT2D eigenvalue weighted by atomic mass is 19.1. The van der Waals surface area contributed by atoms with Gasteiger partial charge in [-0.2, -0.15) is 10.4 Å². The third kappa shape index (κ3) is 4.39. The van der Waals surface area contributed by atoms with Crippen LogP contribution in [0.5, 0.6) is 0 Å². The molecular weight excluding hydrogens is 419 g/mol. The lowest BCUT2D eigenvalue weighted by atomic mass is 9.93. The van der Waals surface area contributed by atoms with Gasteiger partial charge in [-0.3, -0.25) is 0 Å². The largest absolute Gasteiger partial charge is 0.383 e. The van der Waals surface area contributed by atoms with Crippen molar-refractivity contribution in [1.82, 2.24) is 24.6 Å². The summed E-state index contributed by atoms with van der Waals surface area (Å²) < 4.78 is 17.1. The van der Waals surface area contributed by atoms with Crippen LogP contribution in [0.4, 0.5) is 21.8 Å². The number of halogens is 1. The van der Waals surface area contributed by atoms with Gasteiger partial charge >= 0.3 is 0 Å². The molecule has 1 aromatic carbocycles. The van der Waals surface area contributed by atoms with Crippen molar-refractivity contribution in [2.75, 3.05) is 37.3 Å². The number of aryl methyl sites for hydroxylation is 1. The zero-order chi connectivity index (χ0) is 23.0. The van der Waals surface area contributed by atoms with E-state index < -0.39 is 5.67 Å². The Kier molecular flexibility index (Phi) is 5.46. The Hall–Kier alpha value is -3.51. The number of nitrogens with zero attached hydrogens (tertiary/aromatic N) is 6. The monoisotopic (exact) mass is 446 g/mol. The maximum absolute atomic E-state index is 15.4. The van der Waals surface area contributed by atoms with Crippen LogP contribution < -0.4 is 10.6 Å². The Balaban J connectivity index is 1.40. The minimum atomic E-state index is -1.28. The second kappa shape index (κ2) is 8.45. The predicted molar refractivity (Wildman–Crippen MR) is 125 cm³/mol. The molecule has 1 fully saturated rings. The molecule has 5 rings (SSSR count). The van der Waals surface area contributed by atoms with Crippen molar-refractivity contribution in [3.05, 3.63) is 47.3 Å². The van der Waals surface area contributed by atoms with Crippen LogP contribution in [-0.4, -0.2) is 57.0 Å². The number of alkyl halides is 1. The summed E-state index contributed by atoms with van der Waals surface area (Å²) in [5.74, 6) is 1.07. The van der Waals surface area contributed by atoms with E-state index in [1.54, 1.807) is 10.9 Å². The highest BCUT2D eigenvalue weighted by Gasteiger charge is 2.35. The molecule has 2 aliphatic heterocycles. The van der Waals surface area contributed by atoms with E-state index >= 15 is 4.39 Å². The Morgan fingerprint density at radius 3 is 2.88 bits per heavy atom. The van der Waals surface area contributed by atoms with Crippen LogP contribution in [0.2, 0.25) is 0 Å². The fourth-order valence-electron chi connectivity index (χ4n) is 4.57. The highest BCUT2D eigenvalue weighted by molar-refractivity contribution is 5.74. The number of likely N-dealkylation sites (tertiary alicyclic amines) is 1. The minimum Gasteiger partial charge on any atom is -0.383 e. The summed E-state index contributed by atoms with van der Waals surface area (Å²) in [4.78, 5) is 11.2. The molecule has 0 aliphatic carbocycles. The van der Waals surface area contributed by atoms with Gasteiger partial charge in [0.1, 0.15) is 17.6 Å². The molecule has 8 nitrogen and oxygen atoms in total. The summed E-state index contributed by atoms with van der Waals surface area (Å²) >= 11 is 0. The van der Waals surface area contributed by atoms with E-state index in [1.165, 1.54) is 0 Å². The summed E-state index contributed by atoms with van der Waals surface area (Å²) in [5.41, 5.74) is 3.77. The van der Waals surface area contributed by atoms with Crippen molar-refractivity contribution in [3.63, 3.8) is 0 Å². The number of hydrogen-bond donors (Lipinski definition) is 2. The number of benzene rings is 1. The molecule has 2 aliphatic rings. The topological polar surface area (TPSA) is 94.7 Å². The van der Waals surface area contributed by atoms with Gasteiger partial charge in [-0.1, -0.05) is 0 Å². The molecule has 9 heteroatoms. The Morgan fingerprint density at radius 1 is 1.27 bits per heavy atom. The first-order valence-electron chi connectivity index (χ1n) is 11.3. The van der Waals surface area contributed by atoms with E-state index in [1.807, 2.05) is 32.2 Å². The first-order chi connectivity index (χ1) is 15.9. The molecule has 170 valence electrons. The van der Waals surface area contributed by atoms with E-state index in [-0.39, 0.29) is 6.54 Å². The number of piperidine rings is 1. The fraction of sp³-hybridized carbons (Fsp3) is 0.417. The average Bonchev–Trinajstić information content (AvgIpc) is 3.41. The number of anilines is 3. The Labute approximate surface area is 192 Å². The highest BCUT2D eigenvalue weighted by Crippen LogP contribution is 2.32. The standard InChI is InChI=1S/C24H27FN8/c1-16-11-21(33(31-16)15-24(25)5-9-32(2)10-6-24)30-23-28-8-4-20(29-23)18-12-17-3-7-27-22(17)19(13-18)14-26/h4,8,11-13,27H,3,5-7,9-10,15H2,1-2H3,(H,28,29,30). The number of rotatable bonds is 5. The number of fused-ring (bicyclic) bond motifs is 1. The second-order valence-corrected chi connectivity index (χ2v) is 9.02.